The molecule has 0 radical (unpaired) electrons. The van der Waals surface area contributed by atoms with Crippen molar-refractivity contribution in [2.45, 2.75) is 33.7 Å². The van der Waals surface area contributed by atoms with Crippen LogP contribution in [-0.2, 0) is 21.4 Å². The summed E-state index contributed by atoms with van der Waals surface area (Å²) >= 11 is 0. The molecule has 0 saturated heterocycles. The molecule has 0 aliphatic heterocycles. The van der Waals surface area contributed by atoms with Crippen molar-refractivity contribution >= 4 is 17.7 Å². The van der Waals surface area contributed by atoms with Crippen molar-refractivity contribution in [3.63, 3.8) is 0 Å². The predicted octanol–water partition coefficient (Wildman–Crippen LogP) is 0.533. The summed E-state index contributed by atoms with van der Waals surface area (Å²) < 4.78 is 6.17. The van der Waals surface area contributed by atoms with Crippen molar-refractivity contribution in [3.8, 4) is 0 Å². The van der Waals surface area contributed by atoms with Crippen LogP contribution in [0, 0.1) is 19.8 Å². The molecular weight excluding hydrogens is 274 g/mol. The van der Waals surface area contributed by atoms with E-state index in [0.717, 1.165) is 0 Å². The minimum Gasteiger partial charge on any atom is -0.467 e. The smallest absolute Gasteiger partial charge is 0.328 e. The van der Waals surface area contributed by atoms with Crippen molar-refractivity contribution in [2.24, 2.45) is 13.0 Å². The summed E-state index contributed by atoms with van der Waals surface area (Å²) in [5.74, 6) is -2.30. The minimum absolute atomic E-state index is 0.190. The number of ether oxygens (including phenoxy) is 1. The third-order valence-corrected chi connectivity index (χ3v) is 3.35. The number of esters is 1. The van der Waals surface area contributed by atoms with E-state index in [1.54, 1.807) is 34.7 Å². The SMILES string of the molecule is COC(=O)[C@@H](NC(=O)C(=O)c1c(C)nn(C)c1C)C(C)C. The summed E-state index contributed by atoms with van der Waals surface area (Å²) in [6.07, 6.45) is 0. The lowest BCUT2D eigenvalue weighted by atomic mass is 10.0. The molecule has 21 heavy (non-hydrogen) atoms. The van der Waals surface area contributed by atoms with Crippen LogP contribution in [0.2, 0.25) is 0 Å². The number of ketones is 1. The Bertz CT molecular complexity index is 575. The number of carbonyl (C=O) groups excluding carboxylic acids is 3. The topological polar surface area (TPSA) is 90.3 Å². The number of nitrogens with one attached hydrogen (secondary N) is 1. The second-order valence-corrected chi connectivity index (χ2v) is 5.22. The lowest BCUT2D eigenvalue weighted by Gasteiger charge is -2.19. The van der Waals surface area contributed by atoms with E-state index in [0.29, 0.717) is 11.4 Å². The van der Waals surface area contributed by atoms with Gasteiger partial charge in [0, 0.05) is 12.7 Å². The quantitative estimate of drug-likeness (QED) is 0.486. The molecule has 0 aromatic carbocycles. The Morgan fingerprint density at radius 2 is 1.81 bits per heavy atom. The summed E-state index contributed by atoms with van der Waals surface area (Å²) in [5.41, 5.74) is 1.35. The zero-order valence-corrected chi connectivity index (χ0v) is 13.2. The van der Waals surface area contributed by atoms with E-state index in [9.17, 15) is 14.4 Å². The van der Waals surface area contributed by atoms with Gasteiger partial charge < -0.3 is 10.1 Å². The number of aromatic nitrogens is 2. The van der Waals surface area contributed by atoms with Crippen LogP contribution in [0.25, 0.3) is 0 Å². The number of methoxy groups -OCH3 is 1. The number of rotatable bonds is 5. The Hall–Kier alpha value is -2.18. The van der Waals surface area contributed by atoms with Crippen LogP contribution in [0.5, 0.6) is 0 Å². The van der Waals surface area contributed by atoms with Gasteiger partial charge in [0.25, 0.3) is 11.7 Å². The number of aryl methyl sites for hydroxylation is 2. The van der Waals surface area contributed by atoms with Gasteiger partial charge in [-0.25, -0.2) is 4.79 Å². The molecule has 1 aromatic rings. The molecule has 7 nitrogen and oxygen atoms in total. The second kappa shape index (κ2) is 6.51. The normalized spacial score (nSPS) is 12.1. The summed E-state index contributed by atoms with van der Waals surface area (Å²) in [4.78, 5) is 36.0. The van der Waals surface area contributed by atoms with Crippen LogP contribution >= 0.6 is 0 Å². The summed E-state index contributed by atoms with van der Waals surface area (Å²) in [7, 11) is 2.93. The lowest BCUT2D eigenvalue weighted by Crippen LogP contribution is -2.47. The van der Waals surface area contributed by atoms with E-state index < -0.39 is 23.7 Å². The minimum atomic E-state index is -0.858. The van der Waals surface area contributed by atoms with Crippen molar-refractivity contribution < 1.29 is 19.1 Å². The molecule has 1 N–H and O–H groups in total. The van der Waals surface area contributed by atoms with E-state index in [1.807, 2.05) is 0 Å². The lowest BCUT2D eigenvalue weighted by molar-refractivity contribution is -0.145. The van der Waals surface area contributed by atoms with Gasteiger partial charge in [-0.05, 0) is 19.8 Å². The average Bonchev–Trinajstić information content (AvgIpc) is 2.67. The first-order valence-corrected chi connectivity index (χ1v) is 6.63. The number of nitrogens with zero attached hydrogens (tertiary/aromatic N) is 2. The summed E-state index contributed by atoms with van der Waals surface area (Å²) in [6, 6.07) is -0.858. The average molecular weight is 295 g/mol. The molecule has 0 unspecified atom stereocenters. The maximum atomic E-state index is 12.3. The van der Waals surface area contributed by atoms with Crippen LogP contribution in [0.3, 0.4) is 0 Å². The molecule has 0 saturated carbocycles. The number of hydrogen-bond acceptors (Lipinski definition) is 5. The molecule has 1 heterocycles. The van der Waals surface area contributed by atoms with E-state index in [-0.39, 0.29) is 11.5 Å². The second-order valence-electron chi connectivity index (χ2n) is 5.22. The highest BCUT2D eigenvalue weighted by molar-refractivity contribution is 6.43. The molecule has 0 aliphatic rings. The molecule has 1 atom stereocenters. The van der Waals surface area contributed by atoms with Gasteiger partial charge in [-0.2, -0.15) is 5.10 Å². The molecule has 0 fully saturated rings. The van der Waals surface area contributed by atoms with E-state index in [2.05, 4.69) is 15.2 Å². The fraction of sp³-hybridized carbons (Fsp3) is 0.571. The zero-order valence-electron chi connectivity index (χ0n) is 13.2. The Labute approximate surface area is 123 Å². The van der Waals surface area contributed by atoms with Gasteiger partial charge in [0.05, 0.1) is 18.4 Å². The van der Waals surface area contributed by atoms with Crippen molar-refractivity contribution in [1.82, 2.24) is 15.1 Å². The van der Waals surface area contributed by atoms with E-state index in [1.165, 1.54) is 11.8 Å². The summed E-state index contributed by atoms with van der Waals surface area (Å²) in [5, 5.41) is 6.53. The van der Waals surface area contributed by atoms with Gasteiger partial charge in [-0.1, -0.05) is 13.8 Å². The highest BCUT2D eigenvalue weighted by atomic mass is 16.5. The number of carbonyl (C=O) groups is 3. The number of hydrogen-bond donors (Lipinski definition) is 1. The first kappa shape index (κ1) is 16.9. The van der Waals surface area contributed by atoms with Gasteiger partial charge in [-0.15, -0.1) is 0 Å². The maximum Gasteiger partial charge on any atom is 0.328 e. The van der Waals surface area contributed by atoms with Crippen LogP contribution in [0.1, 0.15) is 35.6 Å². The predicted molar refractivity (Wildman–Crippen MR) is 75.8 cm³/mol. The summed E-state index contributed by atoms with van der Waals surface area (Å²) in [6.45, 7) is 6.88. The molecule has 0 aliphatic carbocycles. The van der Waals surface area contributed by atoms with Gasteiger partial charge in [0.15, 0.2) is 0 Å². The largest absolute Gasteiger partial charge is 0.467 e. The molecule has 0 bridgehead atoms. The standard InChI is InChI=1S/C14H21N3O4/c1-7(2)11(14(20)21-6)15-13(19)12(18)10-8(3)16-17(5)9(10)4/h7,11H,1-6H3,(H,15,19)/t11-/m0/s1. The Morgan fingerprint density at radius 1 is 1.24 bits per heavy atom. The van der Waals surface area contributed by atoms with Gasteiger partial charge in [-0.3, -0.25) is 14.3 Å². The third-order valence-electron chi connectivity index (χ3n) is 3.35. The van der Waals surface area contributed by atoms with Crippen molar-refractivity contribution in [1.29, 1.82) is 0 Å². The fourth-order valence-electron chi connectivity index (χ4n) is 2.05. The van der Waals surface area contributed by atoms with Crippen LogP contribution in [0.15, 0.2) is 0 Å². The van der Waals surface area contributed by atoms with E-state index >= 15 is 0 Å². The van der Waals surface area contributed by atoms with Crippen molar-refractivity contribution in [2.75, 3.05) is 7.11 Å². The zero-order chi connectivity index (χ0) is 16.3. The van der Waals surface area contributed by atoms with Crippen molar-refractivity contribution in [3.05, 3.63) is 17.0 Å². The highest BCUT2D eigenvalue weighted by Gasteiger charge is 2.30. The molecular formula is C14H21N3O4. The molecule has 1 aromatic heterocycles. The third kappa shape index (κ3) is 3.48. The number of Topliss-reactive ketones (excluding diaryl/α,β-unsaturated/α-hetero) is 1. The Morgan fingerprint density at radius 3 is 2.19 bits per heavy atom. The molecule has 1 rings (SSSR count). The number of amides is 1. The Balaban J connectivity index is 2.98. The monoisotopic (exact) mass is 295 g/mol. The first-order chi connectivity index (χ1) is 9.70. The van der Waals surface area contributed by atoms with Gasteiger partial charge in [0.1, 0.15) is 6.04 Å². The molecule has 0 spiro atoms. The van der Waals surface area contributed by atoms with Gasteiger partial charge >= 0.3 is 5.97 Å². The van der Waals surface area contributed by atoms with Crippen LogP contribution in [0.4, 0.5) is 0 Å². The fourth-order valence-corrected chi connectivity index (χ4v) is 2.05. The molecule has 7 heteroatoms. The van der Waals surface area contributed by atoms with Crippen LogP contribution in [-0.4, -0.2) is 40.6 Å². The molecule has 116 valence electrons. The van der Waals surface area contributed by atoms with Crippen LogP contribution < -0.4 is 5.32 Å². The maximum absolute atomic E-state index is 12.3. The molecule has 1 amide bonds. The van der Waals surface area contributed by atoms with Gasteiger partial charge in [0.2, 0.25) is 0 Å². The first-order valence-electron chi connectivity index (χ1n) is 6.63. The highest BCUT2D eigenvalue weighted by Crippen LogP contribution is 2.13. The Kier molecular flexibility index (Phi) is 5.23. The van der Waals surface area contributed by atoms with E-state index in [4.69, 9.17) is 0 Å².